The Hall–Kier alpha value is -2.02. The Balaban J connectivity index is 2.26. The third-order valence-corrected chi connectivity index (χ3v) is 3.14. The number of nitro benzene ring substituents is 1. The molecule has 0 radical (unpaired) electrons. The molecule has 1 aromatic carbocycles. The van der Waals surface area contributed by atoms with Gasteiger partial charge < -0.3 is 10.0 Å². The fraction of sp³-hybridized carbons (Fsp3) is 0.417. The number of hydrogen-bond acceptors (Lipinski definition) is 4. The Bertz CT molecular complexity index is 512. The summed E-state index contributed by atoms with van der Waals surface area (Å²) >= 11 is 0. The minimum Gasteiger partial charge on any atom is -0.393 e. The molecule has 0 aliphatic carbocycles. The van der Waals surface area contributed by atoms with Gasteiger partial charge in [0.1, 0.15) is 11.4 Å². The molecule has 1 amide bonds. The van der Waals surface area contributed by atoms with Gasteiger partial charge in [-0.25, -0.2) is 4.39 Å². The number of amides is 1. The van der Waals surface area contributed by atoms with E-state index in [2.05, 4.69) is 0 Å². The number of nitro groups is 1. The summed E-state index contributed by atoms with van der Waals surface area (Å²) in [7, 11) is 0. The van der Waals surface area contributed by atoms with Crippen LogP contribution in [0.2, 0.25) is 0 Å². The van der Waals surface area contributed by atoms with Crippen molar-refractivity contribution in [3.63, 3.8) is 0 Å². The maximum Gasteiger partial charge on any atom is 0.285 e. The van der Waals surface area contributed by atoms with E-state index in [0.29, 0.717) is 25.9 Å². The van der Waals surface area contributed by atoms with Crippen molar-refractivity contribution in [2.45, 2.75) is 18.9 Å². The second-order valence-electron chi connectivity index (χ2n) is 4.44. The highest BCUT2D eigenvalue weighted by atomic mass is 19.1. The van der Waals surface area contributed by atoms with Crippen LogP contribution < -0.4 is 0 Å². The summed E-state index contributed by atoms with van der Waals surface area (Å²) in [5.41, 5.74) is -0.654. The monoisotopic (exact) mass is 268 g/mol. The average Bonchev–Trinajstić information content (AvgIpc) is 2.38. The first-order valence-electron chi connectivity index (χ1n) is 5.90. The van der Waals surface area contributed by atoms with Crippen LogP contribution >= 0.6 is 0 Å². The number of aliphatic hydroxyl groups excluding tert-OH is 1. The third-order valence-electron chi connectivity index (χ3n) is 3.14. The summed E-state index contributed by atoms with van der Waals surface area (Å²) in [5.74, 6) is -1.25. The Labute approximate surface area is 108 Å². The van der Waals surface area contributed by atoms with Gasteiger partial charge in [-0.2, -0.15) is 0 Å². The zero-order valence-electron chi connectivity index (χ0n) is 10.1. The summed E-state index contributed by atoms with van der Waals surface area (Å²) in [4.78, 5) is 23.7. The van der Waals surface area contributed by atoms with Crippen molar-refractivity contribution in [1.82, 2.24) is 4.90 Å². The van der Waals surface area contributed by atoms with E-state index in [-0.39, 0.29) is 5.56 Å². The molecule has 0 atom stereocenters. The Morgan fingerprint density at radius 1 is 1.42 bits per heavy atom. The molecule has 1 aromatic rings. The lowest BCUT2D eigenvalue weighted by Crippen LogP contribution is -2.40. The largest absolute Gasteiger partial charge is 0.393 e. The number of nitrogens with zero attached hydrogens (tertiary/aromatic N) is 2. The molecule has 1 aliphatic heterocycles. The van der Waals surface area contributed by atoms with Crippen LogP contribution in [0.5, 0.6) is 0 Å². The molecule has 7 heteroatoms. The van der Waals surface area contributed by atoms with Crippen LogP contribution in [0.3, 0.4) is 0 Å². The van der Waals surface area contributed by atoms with Crippen LogP contribution in [0.4, 0.5) is 10.1 Å². The molecule has 0 aromatic heterocycles. The van der Waals surface area contributed by atoms with Gasteiger partial charge >= 0.3 is 0 Å². The highest BCUT2D eigenvalue weighted by molar-refractivity contribution is 5.98. The number of likely N-dealkylation sites (tertiary alicyclic amines) is 1. The quantitative estimate of drug-likeness (QED) is 0.648. The van der Waals surface area contributed by atoms with Crippen molar-refractivity contribution in [3.8, 4) is 0 Å². The van der Waals surface area contributed by atoms with E-state index in [9.17, 15) is 24.4 Å². The molecule has 2 rings (SSSR count). The SMILES string of the molecule is O=C(c1ccc(F)cc1[N+](=O)[O-])N1CCC(O)CC1. The van der Waals surface area contributed by atoms with E-state index in [0.717, 1.165) is 18.2 Å². The van der Waals surface area contributed by atoms with E-state index in [1.165, 1.54) is 4.90 Å². The van der Waals surface area contributed by atoms with Crippen LogP contribution in [0, 0.1) is 15.9 Å². The van der Waals surface area contributed by atoms with Crippen molar-refractivity contribution < 1.29 is 19.2 Å². The van der Waals surface area contributed by atoms with E-state index in [1.807, 2.05) is 0 Å². The lowest BCUT2D eigenvalue weighted by molar-refractivity contribution is -0.385. The number of hydrogen-bond donors (Lipinski definition) is 1. The lowest BCUT2D eigenvalue weighted by atomic mass is 10.1. The molecule has 6 nitrogen and oxygen atoms in total. The highest BCUT2D eigenvalue weighted by Gasteiger charge is 2.27. The zero-order valence-corrected chi connectivity index (χ0v) is 10.1. The molecule has 19 heavy (non-hydrogen) atoms. The molecule has 1 N–H and O–H groups in total. The molecule has 1 fully saturated rings. The summed E-state index contributed by atoms with van der Waals surface area (Å²) in [6, 6.07) is 2.89. The maximum absolute atomic E-state index is 13.0. The summed E-state index contributed by atoms with van der Waals surface area (Å²) in [6.45, 7) is 0.684. The minimum absolute atomic E-state index is 0.122. The van der Waals surface area contributed by atoms with Gasteiger partial charge in [0.25, 0.3) is 11.6 Å². The summed E-state index contributed by atoms with van der Waals surface area (Å²) < 4.78 is 13.0. The first-order chi connectivity index (χ1) is 8.99. The van der Waals surface area contributed by atoms with Crippen molar-refractivity contribution in [2.75, 3.05) is 13.1 Å². The van der Waals surface area contributed by atoms with E-state index in [1.54, 1.807) is 0 Å². The molecule has 0 unspecified atom stereocenters. The predicted octanol–water partition coefficient (Wildman–Crippen LogP) is 1.33. The predicted molar refractivity (Wildman–Crippen MR) is 64.2 cm³/mol. The van der Waals surface area contributed by atoms with Crippen LogP contribution in [-0.4, -0.2) is 40.0 Å². The number of piperidine rings is 1. The minimum atomic E-state index is -0.769. The van der Waals surface area contributed by atoms with Gasteiger partial charge in [0.05, 0.1) is 17.1 Å². The van der Waals surface area contributed by atoms with Crippen molar-refractivity contribution in [1.29, 1.82) is 0 Å². The van der Waals surface area contributed by atoms with Gasteiger partial charge in [-0.3, -0.25) is 14.9 Å². The fourth-order valence-electron chi connectivity index (χ4n) is 2.08. The summed E-state index contributed by atoms with van der Waals surface area (Å²) in [5, 5.41) is 20.2. The van der Waals surface area contributed by atoms with Gasteiger partial charge in [0.15, 0.2) is 0 Å². The number of halogens is 1. The fourth-order valence-corrected chi connectivity index (χ4v) is 2.08. The molecule has 1 saturated heterocycles. The maximum atomic E-state index is 13.0. The topological polar surface area (TPSA) is 83.7 Å². The second kappa shape index (κ2) is 5.31. The van der Waals surface area contributed by atoms with Gasteiger partial charge in [0.2, 0.25) is 0 Å². The normalized spacial score (nSPS) is 16.4. The van der Waals surface area contributed by atoms with Crippen LogP contribution in [-0.2, 0) is 0 Å². The number of carbonyl (C=O) groups excluding carboxylic acids is 1. The van der Waals surface area contributed by atoms with E-state index < -0.39 is 28.4 Å². The Morgan fingerprint density at radius 2 is 2.05 bits per heavy atom. The molecular weight excluding hydrogens is 255 g/mol. The molecule has 1 aliphatic rings. The first kappa shape index (κ1) is 13.4. The Kier molecular flexibility index (Phi) is 3.75. The summed E-state index contributed by atoms with van der Waals surface area (Å²) in [6.07, 6.45) is 0.453. The molecule has 0 bridgehead atoms. The average molecular weight is 268 g/mol. The van der Waals surface area contributed by atoms with Gasteiger partial charge in [-0.05, 0) is 25.0 Å². The third kappa shape index (κ3) is 2.87. The standard InChI is InChI=1S/C12H13FN2O4/c13-8-1-2-10(11(7-8)15(18)19)12(17)14-5-3-9(16)4-6-14/h1-2,7,9,16H,3-6H2. The molecular formula is C12H13FN2O4. The number of aliphatic hydroxyl groups is 1. The number of rotatable bonds is 2. The van der Waals surface area contributed by atoms with Crippen LogP contribution in [0.15, 0.2) is 18.2 Å². The smallest absolute Gasteiger partial charge is 0.285 e. The lowest BCUT2D eigenvalue weighted by Gasteiger charge is -2.29. The zero-order chi connectivity index (χ0) is 14.0. The molecule has 102 valence electrons. The van der Waals surface area contributed by atoms with E-state index in [4.69, 9.17) is 0 Å². The first-order valence-corrected chi connectivity index (χ1v) is 5.90. The van der Waals surface area contributed by atoms with Crippen LogP contribution in [0.1, 0.15) is 23.2 Å². The van der Waals surface area contributed by atoms with Gasteiger partial charge in [-0.1, -0.05) is 0 Å². The van der Waals surface area contributed by atoms with Crippen molar-refractivity contribution in [2.24, 2.45) is 0 Å². The van der Waals surface area contributed by atoms with Crippen LogP contribution in [0.25, 0.3) is 0 Å². The molecule has 0 spiro atoms. The molecule has 1 heterocycles. The Morgan fingerprint density at radius 3 is 2.63 bits per heavy atom. The van der Waals surface area contributed by atoms with E-state index >= 15 is 0 Å². The van der Waals surface area contributed by atoms with Gasteiger partial charge in [-0.15, -0.1) is 0 Å². The second-order valence-corrected chi connectivity index (χ2v) is 4.44. The number of carbonyl (C=O) groups is 1. The number of benzene rings is 1. The van der Waals surface area contributed by atoms with Crippen molar-refractivity contribution >= 4 is 11.6 Å². The molecule has 0 saturated carbocycles. The van der Waals surface area contributed by atoms with Gasteiger partial charge in [0, 0.05) is 13.1 Å². The van der Waals surface area contributed by atoms with Crippen molar-refractivity contribution in [3.05, 3.63) is 39.7 Å². The highest BCUT2D eigenvalue weighted by Crippen LogP contribution is 2.23.